The molecule has 0 unspecified atom stereocenters. The molecule has 0 amide bonds. The number of benzene rings is 1. The molecule has 0 saturated heterocycles. The van der Waals surface area contributed by atoms with Crippen LogP contribution in [0.1, 0.15) is 38.2 Å². The lowest BCUT2D eigenvalue weighted by Crippen LogP contribution is -2.25. The van der Waals surface area contributed by atoms with Crippen LogP contribution in [-0.4, -0.2) is 19.8 Å². The largest absolute Gasteiger partial charge is 0.493 e. The van der Waals surface area contributed by atoms with E-state index in [0.29, 0.717) is 12.6 Å². The van der Waals surface area contributed by atoms with Crippen LogP contribution in [0.5, 0.6) is 11.5 Å². The second-order valence-corrected chi connectivity index (χ2v) is 5.56. The second kappa shape index (κ2) is 7.34. The monoisotopic (exact) mass is 275 g/mol. The fourth-order valence-electron chi connectivity index (χ4n) is 2.60. The highest BCUT2D eigenvalue weighted by atomic mass is 16.5. The maximum atomic E-state index is 5.87. The van der Waals surface area contributed by atoms with E-state index in [1.165, 1.54) is 25.7 Å². The van der Waals surface area contributed by atoms with Gasteiger partial charge in [-0.2, -0.15) is 0 Å². The lowest BCUT2D eigenvalue weighted by Gasteiger charge is -2.17. The molecule has 1 saturated carbocycles. The fourth-order valence-corrected chi connectivity index (χ4v) is 2.60. The van der Waals surface area contributed by atoms with E-state index in [1.807, 2.05) is 19.1 Å². The van der Waals surface area contributed by atoms with Gasteiger partial charge in [-0.1, -0.05) is 31.6 Å². The Labute approximate surface area is 122 Å². The molecule has 1 aliphatic carbocycles. The van der Waals surface area contributed by atoms with Crippen LogP contribution in [0.15, 0.2) is 30.4 Å². The summed E-state index contributed by atoms with van der Waals surface area (Å²) in [6.07, 6.45) is 5.25. The normalized spacial score (nSPS) is 15.3. The number of rotatable bonds is 7. The number of nitrogens with one attached hydrogen (secondary N) is 1. The van der Waals surface area contributed by atoms with Crippen molar-refractivity contribution < 1.29 is 9.47 Å². The van der Waals surface area contributed by atoms with Gasteiger partial charge in [0.2, 0.25) is 0 Å². The Morgan fingerprint density at radius 3 is 2.75 bits per heavy atom. The zero-order valence-electron chi connectivity index (χ0n) is 12.6. The van der Waals surface area contributed by atoms with Crippen LogP contribution in [0, 0.1) is 0 Å². The van der Waals surface area contributed by atoms with Crippen LogP contribution in [0.2, 0.25) is 0 Å². The molecule has 0 atom stereocenters. The molecular weight excluding hydrogens is 250 g/mol. The molecule has 0 heterocycles. The summed E-state index contributed by atoms with van der Waals surface area (Å²) in [5.41, 5.74) is 2.16. The van der Waals surface area contributed by atoms with Crippen LogP contribution in [0.3, 0.4) is 0 Å². The van der Waals surface area contributed by atoms with Gasteiger partial charge in [0.05, 0.1) is 7.11 Å². The number of hydrogen-bond acceptors (Lipinski definition) is 3. The van der Waals surface area contributed by atoms with Crippen LogP contribution < -0.4 is 14.8 Å². The van der Waals surface area contributed by atoms with Gasteiger partial charge < -0.3 is 14.8 Å². The minimum atomic E-state index is 0.525. The van der Waals surface area contributed by atoms with E-state index in [4.69, 9.17) is 9.47 Å². The molecule has 110 valence electrons. The Kier molecular flexibility index (Phi) is 5.48. The zero-order chi connectivity index (χ0) is 14.4. The van der Waals surface area contributed by atoms with Gasteiger partial charge in [-0.3, -0.25) is 0 Å². The van der Waals surface area contributed by atoms with Crippen molar-refractivity contribution in [1.82, 2.24) is 5.32 Å². The predicted octanol–water partition coefficient (Wildman–Crippen LogP) is 3.68. The van der Waals surface area contributed by atoms with Crippen molar-refractivity contribution in [3.05, 3.63) is 35.9 Å². The van der Waals surface area contributed by atoms with Crippen molar-refractivity contribution in [2.45, 2.75) is 45.2 Å². The highest BCUT2D eigenvalue weighted by Crippen LogP contribution is 2.31. The van der Waals surface area contributed by atoms with Gasteiger partial charge in [0.1, 0.15) is 6.61 Å². The first kappa shape index (κ1) is 14.9. The maximum absolute atomic E-state index is 5.87. The highest BCUT2D eigenvalue weighted by molar-refractivity contribution is 5.46. The van der Waals surface area contributed by atoms with Crippen LogP contribution in [0.4, 0.5) is 0 Å². The van der Waals surface area contributed by atoms with Crippen molar-refractivity contribution in [1.29, 1.82) is 0 Å². The van der Waals surface area contributed by atoms with Crippen molar-refractivity contribution in [2.24, 2.45) is 0 Å². The summed E-state index contributed by atoms with van der Waals surface area (Å²) in [4.78, 5) is 0. The quantitative estimate of drug-likeness (QED) is 0.770. The van der Waals surface area contributed by atoms with E-state index in [2.05, 4.69) is 18.0 Å². The van der Waals surface area contributed by atoms with Crippen LogP contribution >= 0.6 is 0 Å². The molecule has 0 radical (unpaired) electrons. The van der Waals surface area contributed by atoms with Gasteiger partial charge in [0.15, 0.2) is 11.5 Å². The molecule has 20 heavy (non-hydrogen) atoms. The summed E-state index contributed by atoms with van der Waals surface area (Å²) >= 11 is 0. The van der Waals surface area contributed by atoms with Gasteiger partial charge >= 0.3 is 0 Å². The standard InChI is InChI=1S/C17H25NO2/c1-13(2)12-20-17-14(7-6-10-16(17)19-3)11-18-15-8-4-5-9-15/h6-7,10,15,18H,1,4-5,8-9,11-12H2,2-3H3. The molecule has 0 spiro atoms. The molecule has 1 aromatic rings. The van der Waals surface area contributed by atoms with Gasteiger partial charge in [-0.25, -0.2) is 0 Å². The minimum absolute atomic E-state index is 0.525. The van der Waals surface area contributed by atoms with Crippen LogP contribution in [-0.2, 0) is 6.54 Å². The SMILES string of the molecule is C=C(C)COc1c(CNC2CCCC2)cccc1OC. The molecule has 1 fully saturated rings. The average Bonchev–Trinajstić information content (AvgIpc) is 2.96. The number of methoxy groups -OCH3 is 1. The molecular formula is C17H25NO2. The molecule has 0 aromatic heterocycles. The van der Waals surface area contributed by atoms with E-state index in [-0.39, 0.29) is 0 Å². The molecule has 3 heteroatoms. The van der Waals surface area contributed by atoms with Crippen molar-refractivity contribution >= 4 is 0 Å². The average molecular weight is 275 g/mol. The van der Waals surface area contributed by atoms with Crippen LogP contribution in [0.25, 0.3) is 0 Å². The Morgan fingerprint density at radius 2 is 2.10 bits per heavy atom. The molecule has 1 aromatic carbocycles. The smallest absolute Gasteiger partial charge is 0.166 e. The van der Waals surface area contributed by atoms with E-state index in [0.717, 1.165) is 29.2 Å². The summed E-state index contributed by atoms with van der Waals surface area (Å²) in [6.45, 7) is 7.20. The third-order valence-corrected chi connectivity index (χ3v) is 3.68. The Balaban J connectivity index is 2.06. The van der Waals surface area contributed by atoms with Gasteiger partial charge in [-0.05, 0) is 31.4 Å². The molecule has 3 nitrogen and oxygen atoms in total. The topological polar surface area (TPSA) is 30.5 Å². The van der Waals surface area contributed by atoms with Gasteiger partial charge in [0, 0.05) is 18.2 Å². The molecule has 1 N–H and O–H groups in total. The molecule has 2 rings (SSSR count). The summed E-state index contributed by atoms with van der Waals surface area (Å²) in [6, 6.07) is 6.69. The van der Waals surface area contributed by atoms with E-state index in [1.54, 1.807) is 7.11 Å². The number of ether oxygens (including phenoxy) is 2. The van der Waals surface area contributed by atoms with E-state index in [9.17, 15) is 0 Å². The van der Waals surface area contributed by atoms with Gasteiger partial charge in [0.25, 0.3) is 0 Å². The Morgan fingerprint density at radius 1 is 1.35 bits per heavy atom. The lowest BCUT2D eigenvalue weighted by molar-refractivity contribution is 0.314. The number of para-hydroxylation sites is 1. The van der Waals surface area contributed by atoms with Crippen molar-refractivity contribution in [2.75, 3.05) is 13.7 Å². The molecule has 0 aliphatic heterocycles. The maximum Gasteiger partial charge on any atom is 0.166 e. The zero-order valence-corrected chi connectivity index (χ0v) is 12.6. The predicted molar refractivity (Wildman–Crippen MR) is 82.4 cm³/mol. The van der Waals surface area contributed by atoms with Gasteiger partial charge in [-0.15, -0.1) is 0 Å². The lowest BCUT2D eigenvalue weighted by atomic mass is 10.1. The Bertz CT molecular complexity index is 450. The third kappa shape index (κ3) is 4.01. The van der Waals surface area contributed by atoms with Crippen molar-refractivity contribution in [3.8, 4) is 11.5 Å². The number of hydrogen-bond donors (Lipinski definition) is 1. The van der Waals surface area contributed by atoms with Crippen molar-refractivity contribution in [3.63, 3.8) is 0 Å². The van der Waals surface area contributed by atoms with E-state index < -0.39 is 0 Å². The fraction of sp³-hybridized carbons (Fsp3) is 0.529. The van der Waals surface area contributed by atoms with E-state index >= 15 is 0 Å². The minimum Gasteiger partial charge on any atom is -0.493 e. The summed E-state index contributed by atoms with van der Waals surface area (Å²) < 4.78 is 11.3. The summed E-state index contributed by atoms with van der Waals surface area (Å²) in [7, 11) is 1.68. The second-order valence-electron chi connectivity index (χ2n) is 5.56. The molecule has 0 bridgehead atoms. The first-order valence-electron chi connectivity index (χ1n) is 7.37. The Hall–Kier alpha value is -1.48. The third-order valence-electron chi connectivity index (χ3n) is 3.68. The summed E-state index contributed by atoms with van der Waals surface area (Å²) in [5, 5.41) is 3.62. The molecule has 1 aliphatic rings. The first-order chi connectivity index (χ1) is 9.70. The highest BCUT2D eigenvalue weighted by Gasteiger charge is 2.16. The first-order valence-corrected chi connectivity index (χ1v) is 7.37. The summed E-state index contributed by atoms with van der Waals surface area (Å²) in [5.74, 6) is 1.63.